The number of nitrogen functional groups attached to an aromatic ring is 1. The first-order chi connectivity index (χ1) is 12.4. The zero-order chi connectivity index (χ0) is 19.0. The van der Waals surface area contributed by atoms with Gasteiger partial charge in [-0.3, -0.25) is 14.5 Å². The van der Waals surface area contributed by atoms with E-state index < -0.39 is 29.2 Å². The van der Waals surface area contributed by atoms with Gasteiger partial charge in [-0.15, -0.1) is 23.1 Å². The number of thioether (sulfide) groups is 1. The van der Waals surface area contributed by atoms with E-state index in [-0.39, 0.29) is 33.2 Å². The first-order valence-corrected chi connectivity index (χ1v) is 9.09. The van der Waals surface area contributed by atoms with E-state index in [1.54, 1.807) is 0 Å². The highest BCUT2D eigenvalue weighted by Crippen LogP contribution is 2.40. The normalized spacial score (nSPS) is 20.9. The van der Waals surface area contributed by atoms with Gasteiger partial charge in [-0.1, -0.05) is 17.8 Å². The van der Waals surface area contributed by atoms with Crippen molar-refractivity contribution < 1.29 is 35.6 Å². The van der Waals surface area contributed by atoms with Crippen molar-refractivity contribution in [3.8, 4) is 0 Å². The van der Waals surface area contributed by atoms with Gasteiger partial charge < -0.3 is 32.3 Å². The topological polar surface area (TPSA) is 221 Å². The molecule has 0 unspecified atom stereocenters. The largest absolute Gasteiger partial charge is 0.477 e. The van der Waals surface area contributed by atoms with E-state index in [4.69, 9.17) is 10.9 Å². The Labute approximate surface area is 166 Å². The summed E-state index contributed by atoms with van der Waals surface area (Å²) >= 11 is 2.37. The van der Waals surface area contributed by atoms with Crippen LogP contribution in [0.5, 0.6) is 0 Å². The number of rotatable bonds is 5. The highest BCUT2D eigenvalue weighted by molar-refractivity contribution is 8.00. The van der Waals surface area contributed by atoms with Gasteiger partial charge in [-0.25, -0.2) is 9.78 Å². The summed E-state index contributed by atoms with van der Waals surface area (Å²) in [7, 11) is 0. The quantitative estimate of drug-likeness (QED) is 0.179. The van der Waals surface area contributed by atoms with E-state index in [2.05, 4.69) is 22.0 Å². The Balaban J connectivity index is 0.00000196. The molecule has 152 valence electrons. The average molecular weight is 431 g/mol. The third-order valence-electron chi connectivity index (χ3n) is 3.81. The number of carboxylic acid groups (broad SMARTS) is 1. The average Bonchev–Trinajstić information content (AvgIpc) is 3.04. The molecule has 1 saturated heterocycles. The van der Waals surface area contributed by atoms with E-state index in [1.807, 2.05) is 0 Å². The molecule has 28 heavy (non-hydrogen) atoms. The van der Waals surface area contributed by atoms with Gasteiger partial charge in [0, 0.05) is 11.1 Å². The Bertz CT molecular complexity index is 881. The Kier molecular flexibility index (Phi) is 7.29. The van der Waals surface area contributed by atoms with Crippen molar-refractivity contribution in [1.82, 2.24) is 15.2 Å². The smallest absolute Gasteiger partial charge is 0.352 e. The second kappa shape index (κ2) is 8.83. The maximum absolute atomic E-state index is 12.4. The first-order valence-electron chi connectivity index (χ1n) is 7.16. The second-order valence-corrected chi connectivity index (χ2v) is 7.26. The molecule has 2 aliphatic rings. The van der Waals surface area contributed by atoms with Crippen LogP contribution in [0.1, 0.15) is 5.69 Å². The molecule has 2 amide bonds. The number of oxime groups is 1. The van der Waals surface area contributed by atoms with Gasteiger partial charge in [0.25, 0.3) is 11.8 Å². The van der Waals surface area contributed by atoms with E-state index in [0.29, 0.717) is 11.3 Å². The third-order valence-corrected chi connectivity index (χ3v) is 5.79. The number of anilines is 1. The minimum absolute atomic E-state index is 0. The van der Waals surface area contributed by atoms with Gasteiger partial charge in [-0.2, -0.15) is 0 Å². The Morgan fingerprint density at radius 3 is 2.64 bits per heavy atom. The Morgan fingerprint density at radius 2 is 2.14 bits per heavy atom. The molecular formula is C14H17N5O7S2. The molecule has 0 aliphatic carbocycles. The monoisotopic (exact) mass is 431 g/mol. The van der Waals surface area contributed by atoms with Crippen molar-refractivity contribution in [2.24, 2.45) is 5.16 Å². The molecule has 2 aliphatic heterocycles. The molecule has 1 aromatic heterocycles. The van der Waals surface area contributed by atoms with E-state index in [0.717, 1.165) is 16.2 Å². The van der Waals surface area contributed by atoms with Gasteiger partial charge in [0.15, 0.2) is 10.8 Å². The van der Waals surface area contributed by atoms with Gasteiger partial charge in [0.05, 0.1) is 0 Å². The third kappa shape index (κ3) is 3.70. The Morgan fingerprint density at radius 1 is 1.46 bits per heavy atom. The fraction of sp³-hybridized carbons (Fsp3) is 0.214. The SMILES string of the molecule is C=CC1=C(C(=O)O)N2C(=O)[C@@H](NC(=O)C(=NO)c3csc(N)n3)[C@H]2SC1.O.O. The number of aliphatic carboxylic acids is 1. The number of fused-ring (bicyclic) bond motifs is 1. The molecule has 14 heteroatoms. The predicted octanol–water partition coefficient (Wildman–Crippen LogP) is -1.82. The zero-order valence-electron chi connectivity index (χ0n) is 14.1. The number of hydrogen-bond donors (Lipinski definition) is 4. The van der Waals surface area contributed by atoms with Crippen molar-refractivity contribution in [3.05, 3.63) is 35.0 Å². The Hall–Kier alpha value is -2.94. The van der Waals surface area contributed by atoms with Crippen LogP contribution >= 0.6 is 23.1 Å². The molecule has 0 spiro atoms. The van der Waals surface area contributed by atoms with E-state index in [9.17, 15) is 19.5 Å². The van der Waals surface area contributed by atoms with Crippen LogP contribution in [0.3, 0.4) is 0 Å². The number of allylic oxidation sites excluding steroid dienone is 1. The van der Waals surface area contributed by atoms with Crippen molar-refractivity contribution in [3.63, 3.8) is 0 Å². The maximum atomic E-state index is 12.4. The van der Waals surface area contributed by atoms with Crippen LogP contribution in [0.15, 0.2) is 34.5 Å². The van der Waals surface area contributed by atoms with Crippen molar-refractivity contribution >= 4 is 51.7 Å². The standard InChI is InChI=1S/C14H13N5O5S2.2H2O/c1-2-5-3-25-12-8(11(21)19(12)9(5)13(22)23)17-10(20)7(18-24)6-4-26-14(15)16-6;;/h2,4,8,12,24H,1,3H2,(H2,15,16)(H,17,20)(H,22,23);2*1H2/t8-,12-;;/m1../s1. The number of amides is 2. The van der Waals surface area contributed by atoms with E-state index in [1.165, 1.54) is 23.2 Å². The summed E-state index contributed by atoms with van der Waals surface area (Å²) in [5.74, 6) is -2.27. The number of carboxylic acids is 1. The summed E-state index contributed by atoms with van der Waals surface area (Å²) in [6, 6.07) is -0.944. The minimum atomic E-state index is -1.24. The molecule has 1 fully saturated rings. The van der Waals surface area contributed by atoms with E-state index >= 15 is 0 Å². The lowest BCUT2D eigenvalue weighted by atomic mass is 10.0. The van der Waals surface area contributed by atoms with Gasteiger partial charge in [-0.05, 0) is 5.57 Å². The molecule has 9 N–H and O–H groups in total. The molecular weight excluding hydrogens is 414 g/mol. The van der Waals surface area contributed by atoms with Crippen LogP contribution in [-0.4, -0.2) is 71.8 Å². The van der Waals surface area contributed by atoms with Crippen LogP contribution in [0, 0.1) is 0 Å². The molecule has 0 aromatic carbocycles. The molecule has 3 heterocycles. The number of aromatic nitrogens is 1. The van der Waals surface area contributed by atoms with Crippen LogP contribution in [-0.2, 0) is 14.4 Å². The van der Waals surface area contributed by atoms with Crippen molar-refractivity contribution in [1.29, 1.82) is 0 Å². The number of hydrogen-bond acceptors (Lipinski definition) is 9. The number of β-lactam (4-membered cyclic amide) rings is 1. The number of nitrogens with zero attached hydrogens (tertiary/aromatic N) is 3. The first kappa shape index (κ1) is 23.1. The summed E-state index contributed by atoms with van der Waals surface area (Å²) in [5, 5.41) is 24.9. The molecule has 2 atom stereocenters. The second-order valence-electron chi connectivity index (χ2n) is 5.26. The lowest BCUT2D eigenvalue weighted by Crippen LogP contribution is -2.71. The van der Waals surface area contributed by atoms with Crippen LogP contribution in [0.4, 0.5) is 5.13 Å². The number of nitrogens with one attached hydrogen (secondary N) is 1. The van der Waals surface area contributed by atoms with Crippen LogP contribution in [0.2, 0.25) is 0 Å². The van der Waals surface area contributed by atoms with Gasteiger partial charge >= 0.3 is 5.97 Å². The lowest BCUT2D eigenvalue weighted by Gasteiger charge is -2.49. The lowest BCUT2D eigenvalue weighted by molar-refractivity contribution is -0.150. The highest BCUT2D eigenvalue weighted by atomic mass is 32.2. The van der Waals surface area contributed by atoms with Gasteiger partial charge in [0.1, 0.15) is 22.8 Å². The molecule has 3 rings (SSSR count). The highest BCUT2D eigenvalue weighted by Gasteiger charge is 2.54. The number of thiazole rings is 1. The molecule has 1 aromatic rings. The van der Waals surface area contributed by atoms with Gasteiger partial charge in [0.2, 0.25) is 0 Å². The fourth-order valence-corrected chi connectivity index (χ4v) is 4.51. The number of nitrogens with two attached hydrogens (primary N) is 1. The van der Waals surface area contributed by atoms with Crippen molar-refractivity contribution in [2.75, 3.05) is 11.5 Å². The minimum Gasteiger partial charge on any atom is -0.477 e. The summed E-state index contributed by atoms with van der Waals surface area (Å²) in [6.07, 6.45) is 1.40. The molecule has 0 saturated carbocycles. The number of carbonyl (C=O) groups excluding carboxylic acids is 2. The van der Waals surface area contributed by atoms with Crippen LogP contribution < -0.4 is 11.1 Å². The molecule has 0 radical (unpaired) electrons. The summed E-state index contributed by atoms with van der Waals surface area (Å²) in [6.45, 7) is 3.56. The summed E-state index contributed by atoms with van der Waals surface area (Å²) in [5.41, 5.74) is 5.49. The van der Waals surface area contributed by atoms with Crippen molar-refractivity contribution in [2.45, 2.75) is 11.4 Å². The van der Waals surface area contributed by atoms with Crippen LogP contribution in [0.25, 0.3) is 0 Å². The fourth-order valence-electron chi connectivity index (χ4n) is 2.62. The number of carbonyl (C=O) groups is 3. The summed E-state index contributed by atoms with van der Waals surface area (Å²) in [4.78, 5) is 41.2. The maximum Gasteiger partial charge on any atom is 0.352 e. The summed E-state index contributed by atoms with van der Waals surface area (Å²) < 4.78 is 0. The molecule has 0 bridgehead atoms. The predicted molar refractivity (Wildman–Crippen MR) is 102 cm³/mol. The zero-order valence-corrected chi connectivity index (χ0v) is 15.7. The molecule has 12 nitrogen and oxygen atoms in total.